The van der Waals surface area contributed by atoms with Crippen molar-refractivity contribution in [3.05, 3.63) is 52.0 Å². The zero-order valence-corrected chi connectivity index (χ0v) is 14.4. The van der Waals surface area contributed by atoms with E-state index in [0.29, 0.717) is 17.1 Å². The van der Waals surface area contributed by atoms with Crippen LogP contribution < -0.4 is 14.4 Å². The molecule has 23 heavy (non-hydrogen) atoms. The van der Waals surface area contributed by atoms with Crippen LogP contribution in [0.25, 0.3) is 0 Å². The van der Waals surface area contributed by atoms with Gasteiger partial charge in [0.15, 0.2) is 11.5 Å². The number of hydrogen-bond donors (Lipinski definition) is 0. The molecule has 0 radical (unpaired) electrons. The summed E-state index contributed by atoms with van der Waals surface area (Å²) in [5.74, 6) is 0.984. The average molecular weight is 378 g/mol. The Labute approximate surface area is 142 Å². The minimum absolute atomic E-state index is 0.155. The normalized spacial score (nSPS) is 12.1. The fourth-order valence-corrected chi connectivity index (χ4v) is 2.64. The second-order valence-electron chi connectivity index (χ2n) is 5.32. The highest BCUT2D eigenvalue weighted by Gasteiger charge is 2.17. The second-order valence-corrected chi connectivity index (χ2v) is 6.17. The molecule has 0 aromatic heterocycles. The van der Waals surface area contributed by atoms with Gasteiger partial charge in [0.1, 0.15) is 6.61 Å². The zero-order chi connectivity index (χ0) is 16.4. The SMILES string of the molecule is CN(C)c1cccc(C(=O)OCc2cc3c(cc2Br)OCO3)c1. The molecule has 0 aliphatic carbocycles. The Morgan fingerprint density at radius 2 is 1.96 bits per heavy atom. The molecular formula is C17H16BrNO4. The van der Waals surface area contributed by atoms with Crippen LogP contribution >= 0.6 is 15.9 Å². The maximum absolute atomic E-state index is 12.2. The molecule has 5 nitrogen and oxygen atoms in total. The highest BCUT2D eigenvalue weighted by molar-refractivity contribution is 9.10. The second kappa shape index (κ2) is 6.50. The van der Waals surface area contributed by atoms with Gasteiger partial charge in [-0.25, -0.2) is 4.79 Å². The smallest absolute Gasteiger partial charge is 0.338 e. The van der Waals surface area contributed by atoms with Crippen molar-refractivity contribution in [2.45, 2.75) is 6.61 Å². The summed E-state index contributed by atoms with van der Waals surface area (Å²) in [6, 6.07) is 10.9. The molecule has 6 heteroatoms. The Kier molecular flexibility index (Phi) is 4.43. The Morgan fingerprint density at radius 1 is 1.22 bits per heavy atom. The topological polar surface area (TPSA) is 48.0 Å². The number of nitrogens with zero attached hydrogens (tertiary/aromatic N) is 1. The molecule has 1 heterocycles. The molecule has 2 aromatic rings. The molecular weight excluding hydrogens is 362 g/mol. The fraction of sp³-hybridized carbons (Fsp3) is 0.235. The van der Waals surface area contributed by atoms with Crippen molar-refractivity contribution in [3.8, 4) is 11.5 Å². The molecule has 2 aromatic carbocycles. The first-order valence-electron chi connectivity index (χ1n) is 7.07. The lowest BCUT2D eigenvalue weighted by Gasteiger charge is -2.13. The Bertz CT molecular complexity index is 745. The first-order chi connectivity index (χ1) is 11.0. The zero-order valence-electron chi connectivity index (χ0n) is 12.8. The van der Waals surface area contributed by atoms with Crippen LogP contribution in [0.15, 0.2) is 40.9 Å². The highest BCUT2D eigenvalue weighted by Crippen LogP contribution is 2.37. The summed E-state index contributed by atoms with van der Waals surface area (Å²) in [6.45, 7) is 0.366. The van der Waals surface area contributed by atoms with Gasteiger partial charge in [-0.2, -0.15) is 0 Å². The van der Waals surface area contributed by atoms with Gasteiger partial charge in [0.05, 0.1) is 5.56 Å². The van der Waals surface area contributed by atoms with Gasteiger partial charge in [0, 0.05) is 29.8 Å². The Balaban J connectivity index is 1.71. The van der Waals surface area contributed by atoms with Gasteiger partial charge in [-0.05, 0) is 30.3 Å². The standard InChI is InChI=1S/C17H16BrNO4/c1-19(2)13-5-3-4-11(6-13)17(20)21-9-12-7-15-16(8-14(12)18)23-10-22-15/h3-8H,9-10H2,1-2H3. The summed E-state index contributed by atoms with van der Waals surface area (Å²) in [5.41, 5.74) is 2.29. The third-order valence-electron chi connectivity index (χ3n) is 3.50. The van der Waals surface area contributed by atoms with Gasteiger partial charge in [0.2, 0.25) is 6.79 Å². The van der Waals surface area contributed by atoms with E-state index < -0.39 is 0 Å². The van der Waals surface area contributed by atoms with Gasteiger partial charge in [-0.3, -0.25) is 0 Å². The molecule has 0 unspecified atom stereocenters. The summed E-state index contributed by atoms with van der Waals surface area (Å²) in [6.07, 6.45) is 0. The summed E-state index contributed by atoms with van der Waals surface area (Å²) in [5, 5.41) is 0. The average Bonchev–Trinajstić information content (AvgIpc) is 2.99. The highest BCUT2D eigenvalue weighted by atomic mass is 79.9. The van der Waals surface area contributed by atoms with Crippen LogP contribution in [0.3, 0.4) is 0 Å². The van der Waals surface area contributed by atoms with Gasteiger partial charge >= 0.3 is 5.97 Å². The molecule has 120 valence electrons. The number of ether oxygens (including phenoxy) is 3. The monoisotopic (exact) mass is 377 g/mol. The predicted octanol–water partition coefficient (Wildman–Crippen LogP) is 3.60. The van der Waals surface area contributed by atoms with Crippen LogP contribution in [0.1, 0.15) is 15.9 Å². The van der Waals surface area contributed by atoms with Crippen molar-refractivity contribution in [1.82, 2.24) is 0 Å². The van der Waals surface area contributed by atoms with Gasteiger partial charge in [-0.15, -0.1) is 0 Å². The number of esters is 1. The van der Waals surface area contributed by atoms with Crippen LogP contribution in [0.2, 0.25) is 0 Å². The van der Waals surface area contributed by atoms with Crippen LogP contribution in [0, 0.1) is 0 Å². The first-order valence-corrected chi connectivity index (χ1v) is 7.86. The molecule has 0 N–H and O–H groups in total. The number of halogens is 1. The third-order valence-corrected chi connectivity index (χ3v) is 4.24. The van der Waals surface area contributed by atoms with Crippen LogP contribution in [-0.2, 0) is 11.3 Å². The summed E-state index contributed by atoms with van der Waals surface area (Å²) < 4.78 is 16.9. The van der Waals surface area contributed by atoms with E-state index in [1.807, 2.05) is 43.3 Å². The minimum atomic E-state index is -0.363. The van der Waals surface area contributed by atoms with Crippen LogP contribution in [0.4, 0.5) is 5.69 Å². The van der Waals surface area contributed by atoms with Crippen molar-refractivity contribution in [3.63, 3.8) is 0 Å². The van der Waals surface area contributed by atoms with Gasteiger partial charge < -0.3 is 19.1 Å². The van der Waals surface area contributed by atoms with Crippen molar-refractivity contribution in [1.29, 1.82) is 0 Å². The Hall–Kier alpha value is -2.21. The van der Waals surface area contributed by atoms with E-state index in [0.717, 1.165) is 15.7 Å². The molecule has 0 atom stereocenters. The number of fused-ring (bicyclic) bond motifs is 1. The fourth-order valence-electron chi connectivity index (χ4n) is 2.21. The van der Waals surface area contributed by atoms with Gasteiger partial charge in [-0.1, -0.05) is 22.0 Å². The van der Waals surface area contributed by atoms with Crippen molar-refractivity contribution in [2.24, 2.45) is 0 Å². The maximum atomic E-state index is 12.2. The lowest BCUT2D eigenvalue weighted by atomic mass is 10.2. The number of benzene rings is 2. The Morgan fingerprint density at radius 3 is 2.70 bits per heavy atom. The largest absolute Gasteiger partial charge is 0.457 e. The maximum Gasteiger partial charge on any atom is 0.338 e. The number of rotatable bonds is 4. The summed E-state index contributed by atoms with van der Waals surface area (Å²) in [4.78, 5) is 14.2. The third kappa shape index (κ3) is 3.42. The van der Waals surface area contributed by atoms with Gasteiger partial charge in [0.25, 0.3) is 0 Å². The lowest BCUT2D eigenvalue weighted by Crippen LogP contribution is -2.11. The number of carbonyl (C=O) groups excluding carboxylic acids is 1. The van der Waals surface area contributed by atoms with Crippen molar-refractivity contribution in [2.75, 3.05) is 25.8 Å². The molecule has 1 aliphatic heterocycles. The van der Waals surface area contributed by atoms with Crippen molar-refractivity contribution >= 4 is 27.6 Å². The lowest BCUT2D eigenvalue weighted by molar-refractivity contribution is 0.0471. The van der Waals surface area contributed by atoms with E-state index in [1.165, 1.54) is 0 Å². The molecule has 3 rings (SSSR count). The molecule has 0 bridgehead atoms. The van der Waals surface area contributed by atoms with E-state index in [-0.39, 0.29) is 19.4 Å². The van der Waals surface area contributed by atoms with Crippen LogP contribution in [-0.4, -0.2) is 26.9 Å². The quantitative estimate of drug-likeness (QED) is 0.761. The number of carbonyl (C=O) groups is 1. The minimum Gasteiger partial charge on any atom is -0.457 e. The summed E-state index contributed by atoms with van der Waals surface area (Å²) >= 11 is 3.45. The van der Waals surface area contributed by atoms with E-state index in [9.17, 15) is 4.79 Å². The number of hydrogen-bond acceptors (Lipinski definition) is 5. The number of anilines is 1. The van der Waals surface area contributed by atoms with E-state index >= 15 is 0 Å². The molecule has 1 aliphatic rings. The first kappa shape index (κ1) is 15.7. The van der Waals surface area contributed by atoms with Crippen molar-refractivity contribution < 1.29 is 19.0 Å². The molecule has 0 amide bonds. The predicted molar refractivity (Wildman–Crippen MR) is 90.2 cm³/mol. The van der Waals surface area contributed by atoms with E-state index in [2.05, 4.69) is 15.9 Å². The molecule has 0 saturated carbocycles. The van der Waals surface area contributed by atoms with E-state index in [4.69, 9.17) is 14.2 Å². The molecule has 0 spiro atoms. The van der Waals surface area contributed by atoms with E-state index in [1.54, 1.807) is 12.1 Å². The van der Waals surface area contributed by atoms with Crippen LogP contribution in [0.5, 0.6) is 11.5 Å². The molecule has 0 saturated heterocycles. The summed E-state index contributed by atoms with van der Waals surface area (Å²) in [7, 11) is 3.85. The molecule has 0 fully saturated rings.